The van der Waals surface area contributed by atoms with Crippen molar-refractivity contribution < 1.29 is 28.6 Å². The van der Waals surface area contributed by atoms with Gasteiger partial charge < -0.3 is 14.2 Å². The van der Waals surface area contributed by atoms with E-state index in [9.17, 15) is 14.4 Å². The Morgan fingerprint density at radius 2 is 0.578 bits per heavy atom. The van der Waals surface area contributed by atoms with E-state index in [1.165, 1.54) is 141 Å². The van der Waals surface area contributed by atoms with E-state index in [0.717, 1.165) is 70.6 Å². The third kappa shape index (κ3) is 49.9. The van der Waals surface area contributed by atoms with Gasteiger partial charge in [0.15, 0.2) is 6.10 Å². The Hall–Kier alpha value is -3.15. The highest BCUT2D eigenvalue weighted by Crippen LogP contribution is 2.14. The van der Waals surface area contributed by atoms with E-state index in [0.29, 0.717) is 19.3 Å². The topological polar surface area (TPSA) is 78.9 Å². The monoisotopic (exact) mass is 893 g/mol. The van der Waals surface area contributed by atoms with Crippen LogP contribution in [0.5, 0.6) is 0 Å². The molecule has 0 fully saturated rings. The summed E-state index contributed by atoms with van der Waals surface area (Å²) in [4.78, 5) is 38.0. The minimum absolute atomic E-state index is 0.0983. The third-order valence-electron chi connectivity index (χ3n) is 11.4. The number of unbranched alkanes of at least 4 members (excludes halogenated alkanes) is 25. The van der Waals surface area contributed by atoms with E-state index in [4.69, 9.17) is 14.2 Å². The molecule has 1 atom stereocenters. The van der Waals surface area contributed by atoms with Crippen LogP contribution < -0.4 is 0 Å². The predicted molar refractivity (Wildman–Crippen MR) is 274 cm³/mol. The fourth-order valence-electron chi connectivity index (χ4n) is 7.31. The first-order chi connectivity index (χ1) is 31.5. The highest BCUT2D eigenvalue weighted by Gasteiger charge is 2.19. The second-order valence-electron chi connectivity index (χ2n) is 17.8. The smallest absolute Gasteiger partial charge is 0.306 e. The summed E-state index contributed by atoms with van der Waals surface area (Å²) in [5.74, 6) is -0.966. The Morgan fingerprint density at radius 1 is 0.312 bits per heavy atom. The van der Waals surface area contributed by atoms with E-state index in [-0.39, 0.29) is 37.5 Å². The maximum atomic E-state index is 12.8. The Balaban J connectivity index is 4.47. The molecular formula is C58H100O6. The van der Waals surface area contributed by atoms with Gasteiger partial charge in [-0.2, -0.15) is 0 Å². The second kappa shape index (κ2) is 52.5. The van der Waals surface area contributed by atoms with Crippen LogP contribution in [0.4, 0.5) is 0 Å². The van der Waals surface area contributed by atoms with Crippen LogP contribution in [0.2, 0.25) is 0 Å². The molecular weight excluding hydrogens is 793 g/mol. The molecule has 0 spiro atoms. The molecule has 0 N–H and O–H groups in total. The number of rotatable bonds is 48. The molecule has 0 aromatic heterocycles. The molecule has 0 saturated heterocycles. The van der Waals surface area contributed by atoms with Gasteiger partial charge in [-0.1, -0.05) is 203 Å². The highest BCUT2D eigenvalue weighted by atomic mass is 16.6. The van der Waals surface area contributed by atoms with E-state index in [2.05, 4.69) is 93.7 Å². The molecule has 6 heteroatoms. The SMILES string of the molecule is CCCCC/C=C\C/C=C\C/C=C\C/C=C\CCCC(=O)OC[C@@H](COC(=O)CCCCCCC/C=C\CCCCC)OC(=O)CCCCCCCCC/C=C\CCCCCCCC. The van der Waals surface area contributed by atoms with Crippen LogP contribution in [-0.4, -0.2) is 37.2 Å². The third-order valence-corrected chi connectivity index (χ3v) is 11.4. The lowest BCUT2D eigenvalue weighted by Crippen LogP contribution is -2.30. The van der Waals surface area contributed by atoms with E-state index in [1.807, 2.05) is 0 Å². The van der Waals surface area contributed by atoms with Gasteiger partial charge in [0.1, 0.15) is 13.2 Å². The molecule has 0 aliphatic rings. The van der Waals surface area contributed by atoms with Gasteiger partial charge in [-0.25, -0.2) is 0 Å². The lowest BCUT2D eigenvalue weighted by molar-refractivity contribution is -0.167. The van der Waals surface area contributed by atoms with Crippen molar-refractivity contribution in [3.63, 3.8) is 0 Å². The normalized spacial score (nSPS) is 12.6. The maximum absolute atomic E-state index is 12.8. The fraction of sp³-hybridized carbons (Fsp3) is 0.741. The summed E-state index contributed by atoms with van der Waals surface area (Å²) in [7, 11) is 0. The summed E-state index contributed by atoms with van der Waals surface area (Å²) in [6.45, 7) is 6.53. The summed E-state index contributed by atoms with van der Waals surface area (Å²) in [5, 5.41) is 0. The Labute approximate surface area is 395 Å². The van der Waals surface area contributed by atoms with Gasteiger partial charge in [-0.3, -0.25) is 14.4 Å². The lowest BCUT2D eigenvalue weighted by atomic mass is 10.1. The Bertz CT molecular complexity index is 1210. The van der Waals surface area contributed by atoms with Gasteiger partial charge in [-0.05, 0) is 109 Å². The minimum Gasteiger partial charge on any atom is -0.462 e. The van der Waals surface area contributed by atoms with Gasteiger partial charge in [0.05, 0.1) is 0 Å². The summed E-state index contributed by atoms with van der Waals surface area (Å²) >= 11 is 0. The van der Waals surface area contributed by atoms with Crippen molar-refractivity contribution in [2.75, 3.05) is 13.2 Å². The number of ether oxygens (including phenoxy) is 3. The molecule has 0 rings (SSSR count). The Kier molecular flexibility index (Phi) is 49.9. The molecule has 0 aliphatic carbocycles. The van der Waals surface area contributed by atoms with Gasteiger partial charge in [-0.15, -0.1) is 0 Å². The standard InChI is InChI=1S/C58H100O6/c1-4-7-10-13-16-19-22-25-27-29-31-33-36-39-42-45-48-51-57(60)63-54-55(53-62-56(59)50-47-44-41-38-35-24-21-18-15-12-9-6-3)64-58(61)52-49-46-43-40-37-34-32-30-28-26-23-20-17-14-11-8-5-2/h16,18-19,21,25-28,31,33,39,42,55H,4-15,17,20,22-24,29-30,32,34-38,40-41,43-54H2,1-3H3/b19-16-,21-18-,27-25-,28-26-,33-31-,42-39-/t55-/m1/s1. The first kappa shape index (κ1) is 60.9. The first-order valence-corrected chi connectivity index (χ1v) is 26.9. The van der Waals surface area contributed by atoms with Crippen LogP contribution in [-0.2, 0) is 28.6 Å². The molecule has 0 heterocycles. The van der Waals surface area contributed by atoms with Crippen LogP contribution >= 0.6 is 0 Å². The zero-order chi connectivity index (χ0) is 46.5. The van der Waals surface area contributed by atoms with Gasteiger partial charge in [0.25, 0.3) is 0 Å². The molecule has 368 valence electrons. The number of hydrogen-bond acceptors (Lipinski definition) is 6. The molecule has 64 heavy (non-hydrogen) atoms. The number of allylic oxidation sites excluding steroid dienone is 12. The quantitative estimate of drug-likeness (QED) is 0.0262. The van der Waals surface area contributed by atoms with Crippen molar-refractivity contribution in [1.29, 1.82) is 0 Å². The molecule has 0 radical (unpaired) electrons. The zero-order valence-electron chi connectivity index (χ0n) is 42.0. The second-order valence-corrected chi connectivity index (χ2v) is 17.8. The first-order valence-electron chi connectivity index (χ1n) is 26.9. The summed E-state index contributed by atoms with van der Waals surface area (Å²) < 4.78 is 16.8. The lowest BCUT2D eigenvalue weighted by Gasteiger charge is -2.18. The van der Waals surface area contributed by atoms with Crippen LogP contribution in [0, 0.1) is 0 Å². The van der Waals surface area contributed by atoms with Crippen LogP contribution in [0.25, 0.3) is 0 Å². The average Bonchev–Trinajstić information content (AvgIpc) is 3.29. The molecule has 0 bridgehead atoms. The fourth-order valence-corrected chi connectivity index (χ4v) is 7.31. The molecule has 0 saturated carbocycles. The van der Waals surface area contributed by atoms with Crippen molar-refractivity contribution >= 4 is 17.9 Å². The number of hydrogen-bond donors (Lipinski definition) is 0. The van der Waals surface area contributed by atoms with Crippen LogP contribution in [0.1, 0.15) is 258 Å². The summed E-state index contributed by atoms with van der Waals surface area (Å²) in [6, 6.07) is 0. The number of esters is 3. The highest BCUT2D eigenvalue weighted by molar-refractivity contribution is 5.71. The maximum Gasteiger partial charge on any atom is 0.306 e. The van der Waals surface area contributed by atoms with E-state index < -0.39 is 6.10 Å². The molecule has 6 nitrogen and oxygen atoms in total. The molecule has 0 aromatic rings. The van der Waals surface area contributed by atoms with E-state index >= 15 is 0 Å². The number of carbonyl (C=O) groups excluding carboxylic acids is 3. The molecule has 0 aromatic carbocycles. The van der Waals surface area contributed by atoms with Crippen LogP contribution in [0.3, 0.4) is 0 Å². The van der Waals surface area contributed by atoms with Crippen LogP contribution in [0.15, 0.2) is 72.9 Å². The predicted octanol–water partition coefficient (Wildman–Crippen LogP) is 17.8. The Morgan fingerprint density at radius 3 is 0.984 bits per heavy atom. The molecule has 0 unspecified atom stereocenters. The van der Waals surface area contributed by atoms with Crippen molar-refractivity contribution in [2.24, 2.45) is 0 Å². The number of carbonyl (C=O) groups is 3. The summed E-state index contributed by atoms with van der Waals surface area (Å²) in [5.41, 5.74) is 0. The van der Waals surface area contributed by atoms with Crippen molar-refractivity contribution in [3.8, 4) is 0 Å². The van der Waals surface area contributed by atoms with Crippen molar-refractivity contribution in [2.45, 2.75) is 264 Å². The largest absolute Gasteiger partial charge is 0.462 e. The average molecular weight is 893 g/mol. The van der Waals surface area contributed by atoms with E-state index in [1.54, 1.807) is 0 Å². The van der Waals surface area contributed by atoms with Gasteiger partial charge in [0.2, 0.25) is 0 Å². The zero-order valence-corrected chi connectivity index (χ0v) is 42.0. The van der Waals surface area contributed by atoms with Gasteiger partial charge >= 0.3 is 17.9 Å². The van der Waals surface area contributed by atoms with Gasteiger partial charge in [0, 0.05) is 19.3 Å². The molecule has 0 aliphatic heterocycles. The van der Waals surface area contributed by atoms with Crippen molar-refractivity contribution in [3.05, 3.63) is 72.9 Å². The minimum atomic E-state index is -0.802. The molecule has 0 amide bonds. The summed E-state index contributed by atoms with van der Waals surface area (Å²) in [6.07, 6.45) is 66.0. The van der Waals surface area contributed by atoms with Crippen molar-refractivity contribution in [1.82, 2.24) is 0 Å².